The van der Waals surface area contributed by atoms with Crippen LogP contribution in [0.25, 0.3) is 0 Å². The Morgan fingerprint density at radius 1 is 1.10 bits per heavy atom. The van der Waals surface area contributed by atoms with E-state index in [-0.39, 0.29) is 18.4 Å². The van der Waals surface area contributed by atoms with E-state index in [1.54, 1.807) is 4.90 Å². The molecule has 0 unspecified atom stereocenters. The minimum Gasteiger partial charge on any atom is -0.477 e. The number of nitrogens with zero attached hydrogens (tertiary/aromatic N) is 2. The summed E-state index contributed by atoms with van der Waals surface area (Å²) in [5.74, 6) is 0.451. The average Bonchev–Trinajstić information content (AvgIpc) is 2.80. The van der Waals surface area contributed by atoms with Crippen molar-refractivity contribution in [1.82, 2.24) is 4.90 Å². The van der Waals surface area contributed by atoms with E-state index in [1.165, 1.54) is 0 Å². The molecule has 0 radical (unpaired) electrons. The third-order valence-corrected chi connectivity index (χ3v) is 5.80. The van der Waals surface area contributed by atoms with Gasteiger partial charge < -0.3 is 24.6 Å². The second kappa shape index (κ2) is 9.39. The summed E-state index contributed by atoms with van der Waals surface area (Å²) in [6, 6.07) is 13.6. The number of para-hydroxylation sites is 3. The van der Waals surface area contributed by atoms with Crippen molar-refractivity contribution in [2.45, 2.75) is 26.4 Å². The van der Waals surface area contributed by atoms with Crippen molar-refractivity contribution in [3.63, 3.8) is 0 Å². The molecular weight excluding hydrogens is 394 g/mol. The molecule has 7 heteroatoms. The van der Waals surface area contributed by atoms with Crippen molar-refractivity contribution < 1.29 is 19.1 Å². The highest BCUT2D eigenvalue weighted by Gasteiger charge is 2.34. The van der Waals surface area contributed by atoms with Crippen LogP contribution in [0, 0.1) is 6.92 Å². The van der Waals surface area contributed by atoms with E-state index in [0.29, 0.717) is 38.6 Å². The quantitative estimate of drug-likeness (QED) is 0.801. The zero-order chi connectivity index (χ0) is 21.8. The Morgan fingerprint density at radius 3 is 2.65 bits per heavy atom. The number of hydrogen-bond acceptors (Lipinski definition) is 5. The highest BCUT2D eigenvalue weighted by Crippen LogP contribution is 2.33. The molecule has 2 aliphatic heterocycles. The van der Waals surface area contributed by atoms with Crippen molar-refractivity contribution in [2.75, 3.05) is 49.6 Å². The van der Waals surface area contributed by atoms with Gasteiger partial charge in [0.15, 0.2) is 6.10 Å². The van der Waals surface area contributed by atoms with Gasteiger partial charge >= 0.3 is 0 Å². The number of rotatable bonds is 5. The SMILES string of the molecule is CCc1cccc(C)c1NC(=O)CN1C[C@@H](C(=O)N2CCOCC2)Oc2ccccc21. The molecule has 31 heavy (non-hydrogen) atoms. The van der Waals surface area contributed by atoms with Crippen molar-refractivity contribution in [2.24, 2.45) is 0 Å². The van der Waals surface area contributed by atoms with E-state index in [4.69, 9.17) is 9.47 Å². The standard InChI is InChI=1S/C24H29N3O4/c1-3-18-8-6-7-17(2)23(18)25-22(28)16-27-15-21(24(29)26-11-13-30-14-12-26)31-20-10-5-4-9-19(20)27/h4-10,21H,3,11-16H2,1-2H3,(H,25,28)/t21-/m0/s1. The molecule has 1 atom stereocenters. The van der Waals surface area contributed by atoms with Gasteiger partial charge in [0.2, 0.25) is 5.91 Å². The maximum absolute atomic E-state index is 13.0. The highest BCUT2D eigenvalue weighted by atomic mass is 16.5. The summed E-state index contributed by atoms with van der Waals surface area (Å²) in [6.45, 7) is 6.75. The number of carbonyl (C=O) groups is 2. The van der Waals surface area contributed by atoms with Crippen molar-refractivity contribution in [3.8, 4) is 5.75 Å². The molecule has 0 aliphatic carbocycles. The lowest BCUT2D eigenvalue weighted by atomic mass is 10.1. The number of hydrogen-bond donors (Lipinski definition) is 1. The van der Waals surface area contributed by atoms with Crippen LogP contribution in [0.2, 0.25) is 0 Å². The van der Waals surface area contributed by atoms with Gasteiger partial charge in [-0.05, 0) is 36.6 Å². The smallest absolute Gasteiger partial charge is 0.265 e. The van der Waals surface area contributed by atoms with Gasteiger partial charge in [-0.15, -0.1) is 0 Å². The van der Waals surface area contributed by atoms with Gasteiger partial charge in [0, 0.05) is 18.8 Å². The predicted octanol–water partition coefficient (Wildman–Crippen LogP) is 2.62. The summed E-state index contributed by atoms with van der Waals surface area (Å²) >= 11 is 0. The number of ether oxygens (including phenoxy) is 2. The first kappa shape index (κ1) is 21.2. The van der Waals surface area contributed by atoms with Crippen LogP contribution in [0.4, 0.5) is 11.4 Å². The summed E-state index contributed by atoms with van der Waals surface area (Å²) in [5, 5.41) is 3.08. The van der Waals surface area contributed by atoms with Crippen molar-refractivity contribution in [3.05, 3.63) is 53.6 Å². The average molecular weight is 424 g/mol. The third-order valence-electron chi connectivity index (χ3n) is 5.80. The Kier molecular flexibility index (Phi) is 6.42. The molecule has 2 amide bonds. The van der Waals surface area contributed by atoms with Crippen LogP contribution >= 0.6 is 0 Å². The van der Waals surface area contributed by atoms with Crippen LogP contribution in [0.1, 0.15) is 18.1 Å². The molecule has 2 aromatic carbocycles. The second-order valence-electron chi connectivity index (χ2n) is 7.90. The van der Waals surface area contributed by atoms with E-state index >= 15 is 0 Å². The number of amides is 2. The van der Waals surface area contributed by atoms with Gasteiger partial charge in [0.05, 0.1) is 32.0 Å². The van der Waals surface area contributed by atoms with E-state index in [9.17, 15) is 9.59 Å². The lowest BCUT2D eigenvalue weighted by molar-refractivity contribution is -0.142. The zero-order valence-corrected chi connectivity index (χ0v) is 18.1. The van der Waals surface area contributed by atoms with Crippen molar-refractivity contribution >= 4 is 23.2 Å². The lowest BCUT2D eigenvalue weighted by Crippen LogP contribution is -2.53. The Hall–Kier alpha value is -3.06. The van der Waals surface area contributed by atoms with Gasteiger partial charge in [-0.2, -0.15) is 0 Å². The predicted molar refractivity (Wildman–Crippen MR) is 120 cm³/mol. The molecule has 164 valence electrons. The first-order valence-corrected chi connectivity index (χ1v) is 10.8. The molecule has 4 rings (SSSR count). The van der Waals surface area contributed by atoms with Crippen molar-refractivity contribution in [1.29, 1.82) is 0 Å². The number of aryl methyl sites for hydroxylation is 2. The van der Waals surface area contributed by atoms with Gasteiger partial charge in [-0.25, -0.2) is 0 Å². The third kappa shape index (κ3) is 4.66. The fourth-order valence-electron chi connectivity index (χ4n) is 4.13. The number of carbonyl (C=O) groups excluding carboxylic acids is 2. The molecule has 0 spiro atoms. The van der Waals surface area contributed by atoms with Crippen LogP contribution in [-0.4, -0.2) is 62.2 Å². The molecule has 1 saturated heterocycles. The minimum absolute atomic E-state index is 0.0598. The molecule has 1 fully saturated rings. The Morgan fingerprint density at radius 2 is 1.87 bits per heavy atom. The Bertz CT molecular complexity index is 956. The molecule has 0 saturated carbocycles. The van der Waals surface area contributed by atoms with Crippen LogP contribution < -0.4 is 15.0 Å². The molecule has 2 aromatic rings. The fourth-order valence-corrected chi connectivity index (χ4v) is 4.13. The van der Waals surface area contributed by atoms with E-state index < -0.39 is 6.10 Å². The molecule has 7 nitrogen and oxygen atoms in total. The van der Waals surface area contributed by atoms with Gasteiger partial charge in [0.1, 0.15) is 5.75 Å². The van der Waals surface area contributed by atoms with Gasteiger partial charge in [0.25, 0.3) is 5.91 Å². The molecular formula is C24H29N3O4. The second-order valence-corrected chi connectivity index (χ2v) is 7.90. The fraction of sp³-hybridized carbons (Fsp3) is 0.417. The molecule has 2 aliphatic rings. The first-order chi connectivity index (χ1) is 15.1. The number of morpholine rings is 1. The van der Waals surface area contributed by atoms with E-state index in [2.05, 4.69) is 12.2 Å². The number of fused-ring (bicyclic) bond motifs is 1. The Balaban J connectivity index is 1.51. The van der Waals surface area contributed by atoms with Crippen LogP contribution in [0.3, 0.4) is 0 Å². The molecule has 2 heterocycles. The summed E-state index contributed by atoms with van der Waals surface area (Å²) in [5.41, 5.74) is 3.84. The number of anilines is 2. The van der Waals surface area contributed by atoms with E-state index in [1.807, 2.05) is 54.3 Å². The monoisotopic (exact) mass is 423 g/mol. The highest BCUT2D eigenvalue weighted by molar-refractivity contribution is 5.96. The Labute approximate surface area is 182 Å². The topological polar surface area (TPSA) is 71.1 Å². The normalized spacial score (nSPS) is 18.2. The zero-order valence-electron chi connectivity index (χ0n) is 18.1. The lowest BCUT2D eigenvalue weighted by Gasteiger charge is -2.38. The largest absolute Gasteiger partial charge is 0.477 e. The molecule has 1 N–H and O–H groups in total. The van der Waals surface area contributed by atoms with Gasteiger partial charge in [-0.3, -0.25) is 9.59 Å². The van der Waals surface area contributed by atoms with Crippen LogP contribution in [-0.2, 0) is 20.7 Å². The summed E-state index contributed by atoms with van der Waals surface area (Å²) in [4.78, 5) is 29.7. The van der Waals surface area contributed by atoms with Crippen LogP contribution in [0.5, 0.6) is 5.75 Å². The number of nitrogens with one attached hydrogen (secondary N) is 1. The van der Waals surface area contributed by atoms with E-state index in [0.717, 1.165) is 28.9 Å². The number of benzene rings is 2. The van der Waals surface area contributed by atoms with Crippen LogP contribution in [0.15, 0.2) is 42.5 Å². The summed E-state index contributed by atoms with van der Waals surface area (Å²) < 4.78 is 11.4. The van der Waals surface area contributed by atoms with Gasteiger partial charge in [-0.1, -0.05) is 37.3 Å². The summed E-state index contributed by atoms with van der Waals surface area (Å²) in [7, 11) is 0. The summed E-state index contributed by atoms with van der Waals surface area (Å²) in [6.07, 6.45) is 0.193. The minimum atomic E-state index is -0.648. The first-order valence-electron chi connectivity index (χ1n) is 10.8. The molecule has 0 aromatic heterocycles. The maximum atomic E-state index is 13.0. The maximum Gasteiger partial charge on any atom is 0.265 e. The molecule has 0 bridgehead atoms.